The maximum atomic E-state index is 13.6. The van der Waals surface area contributed by atoms with Crippen LogP contribution < -0.4 is 24.6 Å². The summed E-state index contributed by atoms with van der Waals surface area (Å²) in [6.45, 7) is 0. The van der Waals surface area contributed by atoms with Gasteiger partial charge in [0.15, 0.2) is 0 Å². The number of rotatable bonds is 7. The molecule has 0 fully saturated rings. The number of nitrogens with one attached hydrogen (secondary N) is 1. The summed E-state index contributed by atoms with van der Waals surface area (Å²) in [6.07, 6.45) is 0. The second-order valence-corrected chi connectivity index (χ2v) is 7.66. The van der Waals surface area contributed by atoms with Gasteiger partial charge in [-0.25, -0.2) is 4.90 Å². The lowest BCUT2D eigenvalue weighted by Gasteiger charge is -2.18. The van der Waals surface area contributed by atoms with Crippen LogP contribution in [0.25, 0.3) is 5.57 Å². The van der Waals surface area contributed by atoms with E-state index in [1.807, 2.05) is 43.3 Å². The molecule has 0 aliphatic carbocycles. The van der Waals surface area contributed by atoms with Crippen molar-refractivity contribution in [2.45, 2.75) is 0 Å². The summed E-state index contributed by atoms with van der Waals surface area (Å²) in [4.78, 5) is 30.3. The summed E-state index contributed by atoms with van der Waals surface area (Å²) in [5, 5.41) is 3.15. The van der Waals surface area contributed by atoms with E-state index < -0.39 is 11.8 Å². The topological polar surface area (TPSA) is 71.1 Å². The van der Waals surface area contributed by atoms with Crippen LogP contribution in [0.1, 0.15) is 5.56 Å². The van der Waals surface area contributed by atoms with Gasteiger partial charge < -0.3 is 19.7 Å². The zero-order valence-corrected chi connectivity index (χ0v) is 19.0. The lowest BCUT2D eigenvalue weighted by Crippen LogP contribution is -2.32. The molecule has 3 aromatic carbocycles. The number of carbonyl (C=O) groups is 2. The fraction of sp³-hybridized carbons (Fsp3) is 0.154. The van der Waals surface area contributed by atoms with Crippen molar-refractivity contribution in [1.82, 2.24) is 0 Å². The third-order valence-corrected chi connectivity index (χ3v) is 5.45. The van der Waals surface area contributed by atoms with E-state index in [2.05, 4.69) is 5.32 Å². The van der Waals surface area contributed by atoms with Gasteiger partial charge in [-0.05, 0) is 54.1 Å². The molecule has 4 rings (SSSR count). The van der Waals surface area contributed by atoms with E-state index >= 15 is 0 Å². The van der Waals surface area contributed by atoms with Gasteiger partial charge in [-0.1, -0.05) is 24.3 Å². The summed E-state index contributed by atoms with van der Waals surface area (Å²) in [5.74, 6) is 0.383. The molecule has 0 aromatic heterocycles. The van der Waals surface area contributed by atoms with Gasteiger partial charge in [-0.3, -0.25) is 9.59 Å². The van der Waals surface area contributed by atoms with Gasteiger partial charge in [-0.2, -0.15) is 0 Å². The first-order valence-electron chi connectivity index (χ1n) is 10.4. The molecule has 7 nitrogen and oxygen atoms in total. The van der Waals surface area contributed by atoms with E-state index in [0.717, 1.165) is 5.69 Å². The van der Waals surface area contributed by atoms with Crippen molar-refractivity contribution in [3.63, 3.8) is 0 Å². The van der Waals surface area contributed by atoms with Gasteiger partial charge in [-0.15, -0.1) is 0 Å². The van der Waals surface area contributed by atoms with Gasteiger partial charge in [0, 0.05) is 19.8 Å². The average molecular weight is 444 g/mol. The maximum absolute atomic E-state index is 13.6. The van der Waals surface area contributed by atoms with Crippen LogP contribution in [-0.4, -0.2) is 40.1 Å². The van der Waals surface area contributed by atoms with E-state index in [9.17, 15) is 9.59 Å². The Hall–Kier alpha value is -4.26. The Morgan fingerprint density at radius 1 is 0.788 bits per heavy atom. The SMILES string of the molecule is COc1ccc(C2=C(Nc3ccccc3OC)C(=O)N(c3ccc(N(C)C)cc3)C2=O)cc1. The molecule has 1 aliphatic rings. The molecule has 0 saturated carbocycles. The molecule has 3 aromatic rings. The average Bonchev–Trinajstić information content (AvgIpc) is 3.08. The number of nitrogens with zero attached hydrogens (tertiary/aromatic N) is 2. The minimum absolute atomic E-state index is 0.186. The van der Waals surface area contributed by atoms with Crippen molar-refractivity contribution in [3.05, 3.63) is 84.1 Å². The number of benzene rings is 3. The minimum Gasteiger partial charge on any atom is -0.497 e. The van der Waals surface area contributed by atoms with Crippen molar-refractivity contribution in [2.75, 3.05) is 43.4 Å². The Labute approximate surface area is 192 Å². The quantitative estimate of drug-likeness (QED) is 0.553. The van der Waals surface area contributed by atoms with Gasteiger partial charge in [0.2, 0.25) is 0 Å². The van der Waals surface area contributed by atoms with Gasteiger partial charge in [0.25, 0.3) is 11.8 Å². The fourth-order valence-corrected chi connectivity index (χ4v) is 3.69. The van der Waals surface area contributed by atoms with E-state index in [1.54, 1.807) is 62.8 Å². The minimum atomic E-state index is -0.436. The maximum Gasteiger partial charge on any atom is 0.282 e. The molecule has 0 bridgehead atoms. The number of ether oxygens (including phenoxy) is 2. The smallest absolute Gasteiger partial charge is 0.282 e. The van der Waals surface area contributed by atoms with Crippen LogP contribution in [0, 0.1) is 0 Å². The Kier molecular flexibility index (Phi) is 6.04. The van der Waals surface area contributed by atoms with Crippen LogP contribution in [0.15, 0.2) is 78.5 Å². The first-order valence-corrected chi connectivity index (χ1v) is 10.4. The lowest BCUT2D eigenvalue weighted by molar-refractivity contribution is -0.120. The molecule has 0 atom stereocenters. The normalized spacial score (nSPS) is 13.4. The molecule has 1 heterocycles. The number of para-hydroxylation sites is 2. The number of hydrogen-bond acceptors (Lipinski definition) is 6. The monoisotopic (exact) mass is 443 g/mol. The van der Waals surface area contributed by atoms with E-state index in [0.29, 0.717) is 28.4 Å². The highest BCUT2D eigenvalue weighted by atomic mass is 16.5. The highest BCUT2D eigenvalue weighted by Gasteiger charge is 2.40. The standard InChI is InChI=1S/C26H25N3O4/c1-28(2)18-11-13-19(14-12-18)29-25(30)23(17-9-15-20(32-3)16-10-17)24(26(29)31)27-21-7-5-6-8-22(21)33-4/h5-16,27H,1-4H3. The van der Waals surface area contributed by atoms with Gasteiger partial charge in [0.05, 0.1) is 31.2 Å². The zero-order chi connectivity index (χ0) is 23.5. The number of hydrogen-bond donors (Lipinski definition) is 1. The Morgan fingerprint density at radius 3 is 2.06 bits per heavy atom. The number of imide groups is 1. The molecule has 0 radical (unpaired) electrons. The number of carbonyl (C=O) groups excluding carboxylic acids is 2. The molecular weight excluding hydrogens is 418 g/mol. The van der Waals surface area contributed by atoms with Crippen LogP contribution >= 0.6 is 0 Å². The largest absolute Gasteiger partial charge is 0.497 e. The van der Waals surface area contributed by atoms with Crippen LogP contribution in [0.2, 0.25) is 0 Å². The van der Waals surface area contributed by atoms with Crippen LogP contribution in [0.4, 0.5) is 17.1 Å². The first-order chi connectivity index (χ1) is 15.9. The molecule has 2 amide bonds. The molecule has 1 aliphatic heterocycles. The summed E-state index contributed by atoms with van der Waals surface area (Å²) in [5.41, 5.74) is 3.13. The van der Waals surface area contributed by atoms with E-state index in [-0.39, 0.29) is 11.3 Å². The third-order valence-electron chi connectivity index (χ3n) is 5.45. The number of anilines is 3. The molecule has 0 saturated heterocycles. The summed E-state index contributed by atoms with van der Waals surface area (Å²) < 4.78 is 10.7. The first kappa shape index (κ1) is 22.0. The molecule has 33 heavy (non-hydrogen) atoms. The predicted molar refractivity (Wildman–Crippen MR) is 130 cm³/mol. The molecule has 168 valence electrons. The van der Waals surface area contributed by atoms with Crippen molar-refractivity contribution < 1.29 is 19.1 Å². The van der Waals surface area contributed by atoms with Gasteiger partial charge in [0.1, 0.15) is 17.2 Å². The Morgan fingerprint density at radius 2 is 1.45 bits per heavy atom. The second-order valence-electron chi connectivity index (χ2n) is 7.66. The fourth-order valence-electron chi connectivity index (χ4n) is 3.69. The van der Waals surface area contributed by atoms with Crippen molar-refractivity contribution in [1.29, 1.82) is 0 Å². The van der Waals surface area contributed by atoms with Crippen molar-refractivity contribution >= 4 is 34.4 Å². The van der Waals surface area contributed by atoms with E-state index in [4.69, 9.17) is 9.47 Å². The lowest BCUT2D eigenvalue weighted by atomic mass is 10.0. The summed E-state index contributed by atoms with van der Waals surface area (Å²) in [7, 11) is 6.99. The second kappa shape index (κ2) is 9.08. The summed E-state index contributed by atoms with van der Waals surface area (Å²) in [6, 6.07) is 21.6. The third kappa shape index (κ3) is 4.13. The van der Waals surface area contributed by atoms with Gasteiger partial charge >= 0.3 is 0 Å². The molecular formula is C26H25N3O4. The number of amides is 2. The van der Waals surface area contributed by atoms with E-state index in [1.165, 1.54) is 4.90 Å². The highest BCUT2D eigenvalue weighted by Crippen LogP contribution is 2.36. The van der Waals surface area contributed by atoms with Crippen molar-refractivity contribution in [2.24, 2.45) is 0 Å². The van der Waals surface area contributed by atoms with Crippen molar-refractivity contribution in [3.8, 4) is 11.5 Å². The molecule has 0 unspecified atom stereocenters. The highest BCUT2D eigenvalue weighted by molar-refractivity contribution is 6.46. The molecule has 0 spiro atoms. The Balaban J connectivity index is 1.80. The van der Waals surface area contributed by atoms with Crippen LogP contribution in [0.3, 0.4) is 0 Å². The molecule has 1 N–H and O–H groups in total. The predicted octanol–water partition coefficient (Wildman–Crippen LogP) is 4.17. The van der Waals surface area contributed by atoms with Crippen LogP contribution in [-0.2, 0) is 9.59 Å². The summed E-state index contributed by atoms with van der Waals surface area (Å²) >= 11 is 0. The van der Waals surface area contributed by atoms with Crippen LogP contribution in [0.5, 0.6) is 11.5 Å². The Bertz CT molecular complexity index is 1220. The zero-order valence-electron chi connectivity index (χ0n) is 19.0. The molecule has 7 heteroatoms. The number of methoxy groups -OCH3 is 2.